The number of nitrogens with one attached hydrogen (secondary N) is 2. The topological polar surface area (TPSA) is 93.7 Å². The fourth-order valence-electron chi connectivity index (χ4n) is 3.48. The normalized spacial score (nSPS) is 19.4. The molecule has 146 valence electrons. The van der Waals surface area contributed by atoms with Crippen LogP contribution in [0.3, 0.4) is 0 Å². The van der Waals surface area contributed by atoms with Gasteiger partial charge in [0.1, 0.15) is 5.82 Å². The number of anilines is 3. The van der Waals surface area contributed by atoms with E-state index in [1.807, 2.05) is 49.9 Å². The first-order valence-corrected chi connectivity index (χ1v) is 9.85. The van der Waals surface area contributed by atoms with Gasteiger partial charge in [0.2, 0.25) is 5.95 Å². The summed E-state index contributed by atoms with van der Waals surface area (Å²) in [5.74, 6) is 1.32. The van der Waals surface area contributed by atoms with Crippen molar-refractivity contribution in [2.24, 2.45) is 12.8 Å². The molecular weight excluding hydrogens is 374 g/mol. The Hall–Kier alpha value is -2.64. The Labute approximate surface area is 169 Å². The minimum Gasteiger partial charge on any atom is -0.367 e. The molecule has 0 unspecified atom stereocenters. The summed E-state index contributed by atoms with van der Waals surface area (Å²) in [5.41, 5.74) is 8.80. The van der Waals surface area contributed by atoms with Crippen LogP contribution in [0.2, 0.25) is 5.02 Å². The Kier molecular flexibility index (Phi) is 5.45. The fourth-order valence-corrected chi connectivity index (χ4v) is 3.67. The summed E-state index contributed by atoms with van der Waals surface area (Å²) in [7, 11) is 1.90. The zero-order valence-corrected chi connectivity index (χ0v) is 16.5. The van der Waals surface area contributed by atoms with E-state index < -0.39 is 0 Å². The van der Waals surface area contributed by atoms with Crippen molar-refractivity contribution >= 4 is 29.1 Å². The van der Waals surface area contributed by atoms with E-state index >= 15 is 0 Å². The van der Waals surface area contributed by atoms with Gasteiger partial charge in [0, 0.05) is 53.4 Å². The molecule has 1 fully saturated rings. The van der Waals surface area contributed by atoms with Crippen molar-refractivity contribution in [2.75, 3.05) is 10.6 Å². The molecule has 0 radical (unpaired) electrons. The van der Waals surface area contributed by atoms with Crippen LogP contribution in [0.15, 0.2) is 42.9 Å². The molecule has 0 amide bonds. The molecule has 3 aromatic rings. The summed E-state index contributed by atoms with van der Waals surface area (Å²) >= 11 is 6.08. The fraction of sp³-hybridized carbons (Fsp3) is 0.350. The zero-order valence-electron chi connectivity index (χ0n) is 15.8. The van der Waals surface area contributed by atoms with Crippen molar-refractivity contribution in [3.8, 4) is 11.1 Å². The van der Waals surface area contributed by atoms with E-state index in [2.05, 4.69) is 20.7 Å². The number of hydrogen-bond acceptors (Lipinski definition) is 6. The van der Waals surface area contributed by atoms with E-state index in [1.165, 1.54) is 0 Å². The van der Waals surface area contributed by atoms with Gasteiger partial charge in [0.25, 0.3) is 0 Å². The Morgan fingerprint density at radius 2 is 2.00 bits per heavy atom. The molecule has 1 aliphatic carbocycles. The molecule has 0 bridgehead atoms. The van der Waals surface area contributed by atoms with Gasteiger partial charge >= 0.3 is 0 Å². The van der Waals surface area contributed by atoms with Crippen LogP contribution in [0.4, 0.5) is 17.5 Å². The predicted octanol–water partition coefficient (Wildman–Crippen LogP) is 3.96. The molecule has 4 rings (SSSR count). The molecule has 0 spiro atoms. The summed E-state index contributed by atoms with van der Waals surface area (Å²) in [6, 6.07) is 8.15. The predicted molar refractivity (Wildman–Crippen MR) is 113 cm³/mol. The number of aryl methyl sites for hydroxylation is 1. The number of rotatable bonds is 5. The summed E-state index contributed by atoms with van der Waals surface area (Å²) in [6.07, 6.45) is 9.74. The highest BCUT2D eigenvalue weighted by Gasteiger charge is 2.21. The molecule has 4 N–H and O–H groups in total. The van der Waals surface area contributed by atoms with E-state index in [9.17, 15) is 0 Å². The minimum atomic E-state index is 0.307. The van der Waals surface area contributed by atoms with Crippen LogP contribution in [0, 0.1) is 0 Å². The lowest BCUT2D eigenvalue weighted by atomic mass is 9.91. The van der Waals surface area contributed by atoms with Crippen LogP contribution in [0.1, 0.15) is 25.7 Å². The van der Waals surface area contributed by atoms with Crippen LogP contribution in [0.5, 0.6) is 0 Å². The van der Waals surface area contributed by atoms with E-state index in [1.54, 1.807) is 4.68 Å². The molecule has 1 aromatic carbocycles. The van der Waals surface area contributed by atoms with Crippen LogP contribution < -0.4 is 16.4 Å². The third-order valence-electron chi connectivity index (χ3n) is 5.00. The Bertz CT molecular complexity index is 947. The highest BCUT2D eigenvalue weighted by atomic mass is 35.5. The van der Waals surface area contributed by atoms with Gasteiger partial charge in [-0.2, -0.15) is 10.1 Å². The molecule has 0 aliphatic heterocycles. The maximum absolute atomic E-state index is 6.08. The van der Waals surface area contributed by atoms with Crippen LogP contribution >= 0.6 is 11.6 Å². The lowest BCUT2D eigenvalue weighted by Gasteiger charge is -2.28. The van der Waals surface area contributed by atoms with Crippen molar-refractivity contribution in [3.63, 3.8) is 0 Å². The SMILES string of the molecule is Cn1cc(-c2cnc(Nc3cccc(Cl)c3)nc2NC2CCC(N)CC2)cn1. The van der Waals surface area contributed by atoms with E-state index in [4.69, 9.17) is 22.3 Å². The van der Waals surface area contributed by atoms with Gasteiger partial charge in [-0.25, -0.2) is 4.98 Å². The first-order valence-electron chi connectivity index (χ1n) is 9.47. The molecule has 2 aromatic heterocycles. The molecule has 1 aliphatic rings. The average Bonchev–Trinajstić information content (AvgIpc) is 3.10. The monoisotopic (exact) mass is 397 g/mol. The maximum atomic E-state index is 6.08. The third kappa shape index (κ3) is 4.43. The molecule has 1 saturated carbocycles. The van der Waals surface area contributed by atoms with Gasteiger partial charge in [-0.3, -0.25) is 4.68 Å². The molecule has 8 heteroatoms. The van der Waals surface area contributed by atoms with Crippen LogP contribution in [0.25, 0.3) is 11.1 Å². The van der Waals surface area contributed by atoms with Crippen molar-refractivity contribution in [2.45, 2.75) is 37.8 Å². The van der Waals surface area contributed by atoms with Gasteiger partial charge < -0.3 is 16.4 Å². The second-order valence-corrected chi connectivity index (χ2v) is 7.69. The molecule has 0 saturated heterocycles. The van der Waals surface area contributed by atoms with Gasteiger partial charge in [-0.1, -0.05) is 17.7 Å². The first-order chi connectivity index (χ1) is 13.6. The second-order valence-electron chi connectivity index (χ2n) is 7.25. The quantitative estimate of drug-likeness (QED) is 0.603. The largest absolute Gasteiger partial charge is 0.367 e. The first kappa shape index (κ1) is 18.7. The van der Waals surface area contributed by atoms with E-state index in [0.29, 0.717) is 23.1 Å². The summed E-state index contributed by atoms with van der Waals surface area (Å²) in [4.78, 5) is 9.24. The third-order valence-corrected chi connectivity index (χ3v) is 5.23. The molecule has 0 atom stereocenters. The summed E-state index contributed by atoms with van der Waals surface area (Å²) < 4.78 is 1.77. The van der Waals surface area contributed by atoms with Crippen molar-refractivity contribution < 1.29 is 0 Å². The molecule has 28 heavy (non-hydrogen) atoms. The highest BCUT2D eigenvalue weighted by Crippen LogP contribution is 2.30. The number of nitrogens with two attached hydrogens (primary N) is 1. The standard InChI is InChI=1S/C20H24ClN7/c1-28-12-13(10-24-28)18-11-23-20(26-17-4-2-3-14(21)9-17)27-19(18)25-16-7-5-15(22)6-8-16/h2-4,9-12,15-16H,5-8,22H2,1H3,(H2,23,25,26,27). The number of nitrogens with zero attached hydrogens (tertiary/aromatic N) is 4. The number of halogens is 1. The maximum Gasteiger partial charge on any atom is 0.229 e. The Morgan fingerprint density at radius 3 is 2.71 bits per heavy atom. The van der Waals surface area contributed by atoms with Gasteiger partial charge in [-0.05, 0) is 43.9 Å². The Morgan fingerprint density at radius 1 is 1.18 bits per heavy atom. The van der Waals surface area contributed by atoms with Gasteiger partial charge in [0.05, 0.1) is 6.20 Å². The van der Waals surface area contributed by atoms with Gasteiger partial charge in [-0.15, -0.1) is 0 Å². The van der Waals surface area contributed by atoms with Crippen molar-refractivity contribution in [1.82, 2.24) is 19.7 Å². The Balaban J connectivity index is 1.62. The second kappa shape index (κ2) is 8.16. The van der Waals surface area contributed by atoms with Crippen molar-refractivity contribution in [1.29, 1.82) is 0 Å². The lowest BCUT2D eigenvalue weighted by Crippen LogP contribution is -2.33. The smallest absolute Gasteiger partial charge is 0.229 e. The summed E-state index contributed by atoms with van der Waals surface area (Å²) in [5, 5.41) is 11.8. The number of hydrogen-bond donors (Lipinski definition) is 3. The molecule has 2 heterocycles. The van der Waals surface area contributed by atoms with Gasteiger partial charge in [0.15, 0.2) is 0 Å². The zero-order chi connectivity index (χ0) is 19.5. The van der Waals surface area contributed by atoms with Crippen molar-refractivity contribution in [3.05, 3.63) is 47.9 Å². The lowest BCUT2D eigenvalue weighted by molar-refractivity contribution is 0.410. The average molecular weight is 398 g/mol. The highest BCUT2D eigenvalue weighted by molar-refractivity contribution is 6.30. The van der Waals surface area contributed by atoms with E-state index in [0.717, 1.165) is 48.3 Å². The number of aromatic nitrogens is 4. The minimum absolute atomic E-state index is 0.307. The summed E-state index contributed by atoms with van der Waals surface area (Å²) in [6.45, 7) is 0. The van der Waals surface area contributed by atoms with E-state index in [-0.39, 0.29) is 0 Å². The van der Waals surface area contributed by atoms with Crippen LogP contribution in [-0.4, -0.2) is 31.8 Å². The van der Waals surface area contributed by atoms with Crippen LogP contribution in [-0.2, 0) is 7.05 Å². The molecular formula is C20H24ClN7. The molecule has 7 nitrogen and oxygen atoms in total. The number of benzene rings is 1.